The Hall–Kier alpha value is -0.235. The minimum Gasteiger partial charge on any atom is -0.370 e. The number of hydrogen-bond acceptors (Lipinski definition) is 0. The molecule has 0 aliphatic rings. The van der Waals surface area contributed by atoms with E-state index in [9.17, 15) is 0 Å². The van der Waals surface area contributed by atoms with E-state index in [2.05, 4.69) is 65.8 Å². The van der Waals surface area contributed by atoms with E-state index in [1.807, 2.05) is 50.2 Å². The molecule has 0 N–H and O–H groups in total. The molecule has 0 spiro atoms. The van der Waals surface area contributed by atoms with Gasteiger partial charge in [0.2, 0.25) is 0 Å². The van der Waals surface area contributed by atoms with Crippen molar-refractivity contribution in [1.82, 2.24) is 0 Å². The first-order valence-corrected chi connectivity index (χ1v) is 9.15. The fourth-order valence-electron chi connectivity index (χ4n) is 1.55. The zero-order chi connectivity index (χ0) is 20.2. The summed E-state index contributed by atoms with van der Waals surface area (Å²) in [4.78, 5) is 0. The van der Waals surface area contributed by atoms with E-state index in [1.54, 1.807) is 0 Å². The molecule has 0 amide bonds. The van der Waals surface area contributed by atoms with Gasteiger partial charge in [0.25, 0.3) is 0 Å². The smallest absolute Gasteiger partial charge is 0 e. The maximum Gasteiger partial charge on any atom is 0 e. The monoisotopic (exact) mass is 560 g/mol. The van der Waals surface area contributed by atoms with E-state index in [0.29, 0.717) is 11.8 Å². The van der Waals surface area contributed by atoms with Gasteiger partial charge in [-0.15, -0.1) is 13.8 Å². The van der Waals surface area contributed by atoms with E-state index in [1.165, 1.54) is 11.1 Å². The van der Waals surface area contributed by atoms with Crippen LogP contribution in [0.15, 0.2) is 48.5 Å². The van der Waals surface area contributed by atoms with Gasteiger partial charge < -0.3 is 53.4 Å². The van der Waals surface area contributed by atoms with Crippen molar-refractivity contribution in [3.05, 3.63) is 113 Å². The Morgan fingerprint density at radius 3 is 1.14 bits per heavy atom. The SMILES string of the molecule is [CH2-]C([CH2-])C.[CH2-]C([CH2-])C.[CH2-]CCc1[c-]cccc1.[CH2-]CCc1[c-]cccc1.[Pd].[Pd]. The van der Waals surface area contributed by atoms with E-state index in [-0.39, 0.29) is 40.8 Å². The third-order valence-corrected chi connectivity index (χ3v) is 2.44. The van der Waals surface area contributed by atoms with E-state index in [4.69, 9.17) is 0 Å². The molecule has 0 fully saturated rings. The van der Waals surface area contributed by atoms with Crippen molar-refractivity contribution < 1.29 is 40.8 Å². The second-order valence-corrected chi connectivity index (χ2v) is 6.19. The zero-order valence-electron chi connectivity index (χ0n) is 17.5. The molecule has 2 heteroatoms. The average molecular weight is 561 g/mol. The third-order valence-electron chi connectivity index (χ3n) is 2.44. The van der Waals surface area contributed by atoms with Crippen LogP contribution in [0.25, 0.3) is 0 Å². The summed E-state index contributed by atoms with van der Waals surface area (Å²) in [6, 6.07) is 22.3. The third kappa shape index (κ3) is 33.4. The van der Waals surface area contributed by atoms with Gasteiger partial charge in [-0.3, -0.25) is 0 Å². The Labute approximate surface area is 204 Å². The quantitative estimate of drug-likeness (QED) is 0.277. The van der Waals surface area contributed by atoms with Crippen LogP contribution in [0.3, 0.4) is 0 Å². The molecule has 0 nitrogen and oxygen atoms in total. The summed E-state index contributed by atoms with van der Waals surface area (Å²) < 4.78 is 0. The van der Waals surface area contributed by atoms with E-state index >= 15 is 0 Å². The van der Waals surface area contributed by atoms with Gasteiger partial charge in [0.1, 0.15) is 0 Å². The van der Waals surface area contributed by atoms with Crippen LogP contribution >= 0.6 is 0 Å². The normalized spacial score (nSPS) is 8.64. The van der Waals surface area contributed by atoms with Crippen LogP contribution in [-0.2, 0) is 53.7 Å². The number of aryl methyl sites for hydroxylation is 2. The van der Waals surface area contributed by atoms with Crippen LogP contribution in [0.4, 0.5) is 0 Å². The van der Waals surface area contributed by atoms with Gasteiger partial charge >= 0.3 is 0 Å². The molecule has 2 aromatic rings. The minimum absolute atomic E-state index is 0. The average Bonchev–Trinajstić information content (AvgIpc) is 2.57. The predicted molar refractivity (Wildman–Crippen MR) is 118 cm³/mol. The Morgan fingerprint density at radius 1 is 0.679 bits per heavy atom. The first kappa shape index (κ1) is 35.2. The van der Waals surface area contributed by atoms with Crippen molar-refractivity contribution in [1.29, 1.82) is 0 Å². The molecule has 0 heterocycles. The molecule has 0 saturated carbocycles. The van der Waals surface area contributed by atoms with Crippen LogP contribution in [0.5, 0.6) is 0 Å². The summed E-state index contributed by atoms with van der Waals surface area (Å²) in [6.07, 6.45) is 4.00. The van der Waals surface area contributed by atoms with Gasteiger partial charge in [-0.2, -0.15) is 84.6 Å². The largest absolute Gasteiger partial charge is 0.370 e. The van der Waals surface area contributed by atoms with Crippen molar-refractivity contribution in [3.8, 4) is 0 Å². The molecule has 0 unspecified atom stereocenters. The number of hydrogen-bond donors (Lipinski definition) is 0. The molecule has 2 aromatic carbocycles. The fourth-order valence-corrected chi connectivity index (χ4v) is 1.55. The molecule has 0 aromatic heterocycles. The Kier molecular flexibility index (Phi) is 33.7. The van der Waals surface area contributed by atoms with E-state index < -0.39 is 0 Å². The molecule has 0 bridgehead atoms. The minimum atomic E-state index is 0. The molecular formula is C26H36Pd2-8. The summed E-state index contributed by atoms with van der Waals surface area (Å²) in [7, 11) is 0. The first-order valence-electron chi connectivity index (χ1n) is 9.15. The molecule has 0 atom stereocenters. The standard InChI is InChI=1S/2C9H10.2C4H8.2Pd/c2*1-2-6-9-7-4-3-5-8-9;2*1-4(2)3;;/h2*3-5,7H,1-2,6H2;2*4H,1-2H2,3H3;;/q4*-2;;. The molecule has 168 valence electrons. The topological polar surface area (TPSA) is 0 Å². The summed E-state index contributed by atoms with van der Waals surface area (Å²) in [6.45, 7) is 25.5. The maximum absolute atomic E-state index is 3.76. The van der Waals surface area contributed by atoms with Crippen molar-refractivity contribution in [2.75, 3.05) is 0 Å². The van der Waals surface area contributed by atoms with Crippen LogP contribution in [0, 0.1) is 65.5 Å². The summed E-state index contributed by atoms with van der Waals surface area (Å²) >= 11 is 0. The number of benzene rings is 2. The summed E-state index contributed by atoms with van der Waals surface area (Å²) in [5.74, 6) is 0.667. The fraction of sp³-hybridized carbons (Fsp3) is 0.308. The molecule has 28 heavy (non-hydrogen) atoms. The van der Waals surface area contributed by atoms with Gasteiger partial charge in [0, 0.05) is 40.8 Å². The van der Waals surface area contributed by atoms with Crippen molar-refractivity contribution in [2.24, 2.45) is 11.8 Å². The van der Waals surface area contributed by atoms with Gasteiger partial charge in [-0.25, -0.2) is 0 Å². The van der Waals surface area contributed by atoms with Gasteiger partial charge in [-0.1, -0.05) is 12.8 Å². The van der Waals surface area contributed by atoms with E-state index in [0.717, 1.165) is 25.7 Å². The second kappa shape index (κ2) is 26.8. The van der Waals surface area contributed by atoms with Crippen LogP contribution in [-0.4, -0.2) is 0 Å². The summed E-state index contributed by atoms with van der Waals surface area (Å²) in [5, 5.41) is 0. The van der Waals surface area contributed by atoms with Crippen molar-refractivity contribution in [3.63, 3.8) is 0 Å². The van der Waals surface area contributed by atoms with Crippen molar-refractivity contribution in [2.45, 2.75) is 39.5 Å². The molecular weight excluding hydrogens is 525 g/mol. The Morgan fingerprint density at radius 2 is 0.964 bits per heavy atom. The molecule has 0 radical (unpaired) electrons. The van der Waals surface area contributed by atoms with Crippen molar-refractivity contribution >= 4 is 0 Å². The Balaban J connectivity index is -0.000000144. The van der Waals surface area contributed by atoms with Gasteiger partial charge in [0.15, 0.2) is 0 Å². The Bertz CT molecular complexity index is 425. The van der Waals surface area contributed by atoms with Crippen LogP contribution < -0.4 is 0 Å². The predicted octanol–water partition coefficient (Wildman–Crippen LogP) is 7.08. The van der Waals surface area contributed by atoms with Gasteiger partial charge in [-0.05, 0) is 0 Å². The van der Waals surface area contributed by atoms with Crippen LogP contribution in [0.1, 0.15) is 37.8 Å². The molecule has 0 saturated heterocycles. The zero-order valence-corrected chi connectivity index (χ0v) is 20.6. The summed E-state index contributed by atoms with van der Waals surface area (Å²) in [5.41, 5.74) is 2.51. The molecule has 0 aliphatic carbocycles. The number of rotatable bonds is 4. The molecule has 0 aliphatic heterocycles. The maximum atomic E-state index is 3.76. The van der Waals surface area contributed by atoms with Gasteiger partial charge in [0.05, 0.1) is 0 Å². The second-order valence-electron chi connectivity index (χ2n) is 6.19. The molecule has 2 rings (SSSR count). The van der Waals surface area contributed by atoms with Crippen LogP contribution in [0.2, 0.25) is 0 Å². The first-order chi connectivity index (χ1) is 12.3.